The first-order valence-corrected chi connectivity index (χ1v) is 7.91. The van der Waals surface area contributed by atoms with Crippen LogP contribution in [-0.4, -0.2) is 45.5 Å². The Balaban J connectivity index is 2.30. The van der Waals surface area contributed by atoms with Crippen molar-refractivity contribution < 1.29 is 14.3 Å². The van der Waals surface area contributed by atoms with E-state index in [0.29, 0.717) is 31.2 Å². The Labute approximate surface area is 147 Å². The smallest absolute Gasteiger partial charge is 0.252 e. The lowest BCUT2D eigenvalue weighted by Crippen LogP contribution is -2.28. The molecule has 1 heterocycles. The molecule has 134 valence electrons. The minimum absolute atomic E-state index is 0.249. The van der Waals surface area contributed by atoms with E-state index >= 15 is 0 Å². The molecule has 0 bridgehead atoms. The number of hydrogen-bond acceptors (Lipinski definition) is 6. The van der Waals surface area contributed by atoms with Gasteiger partial charge in [-0.05, 0) is 36.3 Å². The first kappa shape index (κ1) is 18.5. The van der Waals surface area contributed by atoms with Crippen molar-refractivity contribution in [3.05, 3.63) is 40.6 Å². The zero-order chi connectivity index (χ0) is 18.4. The van der Waals surface area contributed by atoms with Gasteiger partial charge < -0.3 is 26.3 Å². The normalized spacial score (nSPS) is 14.8. The van der Waals surface area contributed by atoms with Gasteiger partial charge in [0.05, 0.1) is 17.9 Å². The summed E-state index contributed by atoms with van der Waals surface area (Å²) in [5.41, 5.74) is 15.1. The molecule has 0 spiro atoms. The summed E-state index contributed by atoms with van der Waals surface area (Å²) in [6, 6.07) is 5.76. The summed E-state index contributed by atoms with van der Waals surface area (Å²) in [5, 5.41) is 3.32. The van der Waals surface area contributed by atoms with Crippen LogP contribution in [0.1, 0.15) is 12.5 Å². The molecule has 1 aliphatic heterocycles. The van der Waals surface area contributed by atoms with E-state index in [1.165, 1.54) is 0 Å². The van der Waals surface area contributed by atoms with E-state index in [2.05, 4.69) is 10.3 Å². The molecular weight excluding hydrogens is 320 g/mol. The van der Waals surface area contributed by atoms with E-state index in [0.717, 1.165) is 22.6 Å². The number of nitrogens with one attached hydrogen (secondary N) is 1. The molecule has 25 heavy (non-hydrogen) atoms. The Morgan fingerprint density at radius 2 is 2.08 bits per heavy atom. The third kappa shape index (κ3) is 4.39. The second kappa shape index (κ2) is 8.34. The average Bonchev–Trinajstić information content (AvgIpc) is 2.58. The number of anilines is 1. The number of aliphatic imine (C=N–C) groups is 1. The molecule has 0 saturated carbocycles. The van der Waals surface area contributed by atoms with Crippen LogP contribution in [0.5, 0.6) is 5.75 Å². The lowest BCUT2D eigenvalue weighted by molar-refractivity contribution is -0.114. The van der Waals surface area contributed by atoms with Crippen LogP contribution in [-0.2, 0) is 9.53 Å². The Kier molecular flexibility index (Phi) is 6.19. The highest BCUT2D eigenvalue weighted by Gasteiger charge is 2.21. The summed E-state index contributed by atoms with van der Waals surface area (Å²) >= 11 is 0. The third-order valence-corrected chi connectivity index (χ3v) is 3.79. The van der Waals surface area contributed by atoms with Crippen molar-refractivity contribution in [2.24, 2.45) is 16.5 Å². The van der Waals surface area contributed by atoms with Gasteiger partial charge >= 0.3 is 0 Å². The second-order valence-corrected chi connectivity index (χ2v) is 5.61. The second-order valence-electron chi connectivity index (χ2n) is 5.61. The Bertz CT molecular complexity index is 747. The van der Waals surface area contributed by atoms with E-state index in [1.807, 2.05) is 24.3 Å². The number of methoxy groups -OCH3 is 1. The van der Waals surface area contributed by atoms with Crippen LogP contribution in [0, 0.1) is 0 Å². The summed E-state index contributed by atoms with van der Waals surface area (Å²) in [6.45, 7) is 3.17. The van der Waals surface area contributed by atoms with E-state index < -0.39 is 5.91 Å². The van der Waals surface area contributed by atoms with E-state index in [9.17, 15) is 4.79 Å². The molecule has 1 aliphatic rings. The number of carbonyl (C=O) groups excluding carboxylic acids is 1. The summed E-state index contributed by atoms with van der Waals surface area (Å²) in [4.78, 5) is 16.0. The van der Waals surface area contributed by atoms with Crippen molar-refractivity contribution in [1.82, 2.24) is 0 Å². The predicted octanol–water partition coefficient (Wildman–Crippen LogP) is 1.31. The Hall–Kier alpha value is -2.80. The molecule has 0 fully saturated rings. The van der Waals surface area contributed by atoms with Crippen molar-refractivity contribution in [2.45, 2.75) is 6.92 Å². The van der Waals surface area contributed by atoms with Crippen molar-refractivity contribution in [3.63, 3.8) is 0 Å². The van der Waals surface area contributed by atoms with Crippen molar-refractivity contribution in [2.75, 3.05) is 39.2 Å². The highest BCUT2D eigenvalue weighted by molar-refractivity contribution is 6.29. The number of hydrogen-bond donors (Lipinski definition) is 3. The van der Waals surface area contributed by atoms with Crippen LogP contribution in [0.15, 0.2) is 40.0 Å². The van der Waals surface area contributed by atoms with Crippen molar-refractivity contribution >= 4 is 23.4 Å². The molecule has 0 aliphatic carbocycles. The molecule has 0 unspecified atom stereocenters. The minimum atomic E-state index is -0.589. The lowest BCUT2D eigenvalue weighted by Gasteiger charge is -2.21. The molecule has 0 saturated heterocycles. The van der Waals surface area contributed by atoms with Gasteiger partial charge in [0.15, 0.2) is 0 Å². The number of fused-ring (bicyclic) bond motifs is 1. The predicted molar refractivity (Wildman–Crippen MR) is 99.7 cm³/mol. The Morgan fingerprint density at radius 1 is 1.32 bits per heavy atom. The van der Waals surface area contributed by atoms with Crippen LogP contribution < -0.4 is 21.5 Å². The number of primary amides is 1. The maximum Gasteiger partial charge on any atom is 0.252 e. The average molecular weight is 344 g/mol. The largest absolute Gasteiger partial charge is 0.491 e. The van der Waals surface area contributed by atoms with E-state index in [1.54, 1.807) is 21.1 Å². The van der Waals surface area contributed by atoms with Crippen LogP contribution >= 0.6 is 0 Å². The van der Waals surface area contributed by atoms with Gasteiger partial charge in [0.2, 0.25) is 0 Å². The molecule has 2 rings (SSSR count). The maximum absolute atomic E-state index is 11.7. The number of nitrogens with zero attached hydrogens (tertiary/aromatic N) is 1. The van der Waals surface area contributed by atoms with E-state index in [-0.39, 0.29) is 5.57 Å². The monoisotopic (exact) mass is 344 g/mol. The molecule has 0 aromatic heterocycles. The maximum atomic E-state index is 11.7. The van der Waals surface area contributed by atoms with E-state index in [4.69, 9.17) is 20.9 Å². The zero-order valence-corrected chi connectivity index (χ0v) is 14.8. The third-order valence-electron chi connectivity index (χ3n) is 3.79. The number of benzene rings is 1. The van der Waals surface area contributed by atoms with Crippen LogP contribution in [0.4, 0.5) is 5.69 Å². The molecule has 7 heteroatoms. The number of amides is 1. The number of carbonyl (C=O) groups is 1. The zero-order valence-electron chi connectivity index (χ0n) is 14.8. The molecule has 0 atom stereocenters. The van der Waals surface area contributed by atoms with Gasteiger partial charge in [-0.3, -0.25) is 9.79 Å². The quantitative estimate of drug-likeness (QED) is 0.392. The van der Waals surface area contributed by atoms with Gasteiger partial charge in [0.1, 0.15) is 12.4 Å². The van der Waals surface area contributed by atoms with Crippen LogP contribution in [0.25, 0.3) is 6.08 Å². The molecule has 1 amide bonds. The van der Waals surface area contributed by atoms with Gasteiger partial charge in [0.25, 0.3) is 5.91 Å². The Morgan fingerprint density at radius 3 is 2.68 bits per heavy atom. The van der Waals surface area contributed by atoms with Crippen molar-refractivity contribution in [3.8, 4) is 5.75 Å². The van der Waals surface area contributed by atoms with Crippen molar-refractivity contribution in [1.29, 1.82) is 0 Å². The first-order valence-electron chi connectivity index (χ1n) is 7.91. The molecule has 5 N–H and O–H groups in total. The number of nitrogens with two attached hydrogens (primary N) is 2. The number of rotatable bonds is 7. The standard InChI is InChI=1S/C18H24N4O3/c1-11(19)16(18(20)23)17(21-2)13-8-12-4-5-14(25-7-6-24-3)9-15(12)22-10-13/h4-5,8-9,22H,6-7,10,19H2,1-3H3,(H2,20,23)/b16-11-,21-17?. The number of ether oxygens (including phenoxy) is 2. The topological polar surface area (TPSA) is 112 Å². The molecule has 0 radical (unpaired) electrons. The van der Waals surface area contributed by atoms with Gasteiger partial charge in [-0.25, -0.2) is 0 Å². The summed E-state index contributed by atoms with van der Waals surface area (Å²) in [7, 11) is 3.25. The summed E-state index contributed by atoms with van der Waals surface area (Å²) in [6.07, 6.45) is 1.97. The highest BCUT2D eigenvalue weighted by atomic mass is 16.5. The molecule has 7 nitrogen and oxygen atoms in total. The fourth-order valence-corrected chi connectivity index (χ4v) is 2.64. The highest BCUT2D eigenvalue weighted by Crippen LogP contribution is 2.29. The van der Waals surface area contributed by atoms with Gasteiger partial charge in [0, 0.05) is 38.2 Å². The first-order chi connectivity index (χ1) is 12.0. The van der Waals surface area contributed by atoms with Gasteiger partial charge in [-0.1, -0.05) is 0 Å². The summed E-state index contributed by atoms with van der Waals surface area (Å²) < 4.78 is 10.6. The van der Waals surface area contributed by atoms with Gasteiger partial charge in [-0.2, -0.15) is 0 Å². The van der Waals surface area contributed by atoms with Crippen LogP contribution in [0.2, 0.25) is 0 Å². The summed E-state index contributed by atoms with van der Waals surface area (Å²) in [5.74, 6) is 0.175. The molecule has 1 aromatic carbocycles. The molecule has 1 aromatic rings. The minimum Gasteiger partial charge on any atom is -0.491 e. The lowest BCUT2D eigenvalue weighted by atomic mass is 9.95. The van der Waals surface area contributed by atoms with Crippen LogP contribution in [0.3, 0.4) is 0 Å². The number of allylic oxidation sites excluding steroid dienone is 1. The fraction of sp³-hybridized carbons (Fsp3) is 0.333. The van der Waals surface area contributed by atoms with Gasteiger partial charge in [-0.15, -0.1) is 0 Å². The molecular formula is C18H24N4O3. The fourth-order valence-electron chi connectivity index (χ4n) is 2.64. The SMILES string of the molecule is CN=C(C1=Cc2ccc(OCCOC)cc2NC1)/C(C(N)=O)=C(\C)N.